The Balaban J connectivity index is 0.00000200. The van der Waals surface area contributed by atoms with Crippen LogP contribution in [0.1, 0.15) is 11.3 Å². The molecule has 5 nitrogen and oxygen atoms in total. The standard InChI is InChI=1S/C14H15N3O2.ClH/c1-18-12-7-4-6-11(14(15)16)13(12)19-9-10-5-2-3-8-17-10;/h2-8H,9H2,1H3,(H3,15,16);1H. The van der Waals surface area contributed by atoms with E-state index >= 15 is 0 Å². The van der Waals surface area contributed by atoms with Crippen molar-refractivity contribution in [1.29, 1.82) is 5.41 Å². The fraction of sp³-hybridized carbons (Fsp3) is 0.143. The number of rotatable bonds is 5. The van der Waals surface area contributed by atoms with Gasteiger partial charge in [0.25, 0.3) is 0 Å². The van der Waals surface area contributed by atoms with Gasteiger partial charge in [-0.2, -0.15) is 0 Å². The first kappa shape index (κ1) is 15.8. The van der Waals surface area contributed by atoms with Crippen LogP contribution < -0.4 is 15.2 Å². The van der Waals surface area contributed by atoms with Crippen LogP contribution in [0.4, 0.5) is 0 Å². The van der Waals surface area contributed by atoms with Gasteiger partial charge in [-0.3, -0.25) is 10.4 Å². The van der Waals surface area contributed by atoms with E-state index in [-0.39, 0.29) is 18.2 Å². The minimum atomic E-state index is -0.0603. The van der Waals surface area contributed by atoms with Gasteiger partial charge in [0.05, 0.1) is 18.4 Å². The maximum absolute atomic E-state index is 7.56. The SMILES string of the molecule is COc1cccc(C(=N)N)c1OCc1ccccn1.Cl. The van der Waals surface area contributed by atoms with E-state index in [4.69, 9.17) is 20.6 Å². The minimum absolute atomic E-state index is 0. The molecule has 0 saturated carbocycles. The van der Waals surface area contributed by atoms with Crippen molar-refractivity contribution in [3.05, 3.63) is 53.9 Å². The summed E-state index contributed by atoms with van der Waals surface area (Å²) in [6.45, 7) is 0.293. The van der Waals surface area contributed by atoms with E-state index in [9.17, 15) is 0 Å². The van der Waals surface area contributed by atoms with E-state index in [0.717, 1.165) is 5.69 Å². The Kier molecular flexibility index (Phi) is 5.80. The van der Waals surface area contributed by atoms with Crippen LogP contribution in [0, 0.1) is 5.41 Å². The molecule has 106 valence electrons. The molecule has 0 fully saturated rings. The molecule has 0 radical (unpaired) electrons. The van der Waals surface area contributed by atoms with Crippen molar-refractivity contribution in [3.63, 3.8) is 0 Å². The molecule has 0 amide bonds. The van der Waals surface area contributed by atoms with Gasteiger partial charge in [-0.05, 0) is 24.3 Å². The molecule has 2 aromatic rings. The molecular formula is C14H16ClN3O2. The van der Waals surface area contributed by atoms with Crippen molar-refractivity contribution in [2.45, 2.75) is 6.61 Å². The maximum atomic E-state index is 7.56. The average molecular weight is 294 g/mol. The van der Waals surface area contributed by atoms with Gasteiger partial charge in [-0.1, -0.05) is 12.1 Å². The molecule has 0 aliphatic heterocycles. The Labute approximate surface area is 123 Å². The van der Waals surface area contributed by atoms with Gasteiger partial charge in [0, 0.05) is 6.20 Å². The average Bonchev–Trinajstić information content (AvgIpc) is 2.45. The number of methoxy groups -OCH3 is 1. The Hall–Kier alpha value is -2.27. The molecule has 1 aromatic carbocycles. The Morgan fingerprint density at radius 3 is 2.65 bits per heavy atom. The first-order valence-corrected chi connectivity index (χ1v) is 5.76. The Bertz CT molecular complexity index is 576. The Morgan fingerprint density at radius 1 is 1.25 bits per heavy atom. The number of para-hydroxylation sites is 1. The predicted molar refractivity (Wildman–Crippen MR) is 79.8 cm³/mol. The summed E-state index contributed by atoms with van der Waals surface area (Å²) < 4.78 is 10.9. The zero-order chi connectivity index (χ0) is 13.7. The quantitative estimate of drug-likeness (QED) is 0.655. The number of nitrogen functional groups attached to an aromatic ring is 1. The summed E-state index contributed by atoms with van der Waals surface area (Å²) in [5, 5.41) is 7.56. The highest BCUT2D eigenvalue weighted by atomic mass is 35.5. The fourth-order valence-corrected chi connectivity index (χ4v) is 1.67. The van der Waals surface area contributed by atoms with E-state index < -0.39 is 0 Å². The number of nitrogens with zero attached hydrogens (tertiary/aromatic N) is 1. The van der Waals surface area contributed by atoms with Crippen LogP contribution >= 0.6 is 12.4 Å². The van der Waals surface area contributed by atoms with Crippen LogP contribution in [-0.4, -0.2) is 17.9 Å². The molecule has 6 heteroatoms. The zero-order valence-electron chi connectivity index (χ0n) is 11.0. The van der Waals surface area contributed by atoms with Gasteiger partial charge in [-0.15, -0.1) is 12.4 Å². The van der Waals surface area contributed by atoms with Crippen molar-refractivity contribution in [2.75, 3.05) is 7.11 Å². The third kappa shape index (κ3) is 3.61. The van der Waals surface area contributed by atoms with Crippen LogP contribution in [0.2, 0.25) is 0 Å². The summed E-state index contributed by atoms with van der Waals surface area (Å²) in [7, 11) is 1.55. The largest absolute Gasteiger partial charge is 0.493 e. The third-order valence-electron chi connectivity index (χ3n) is 2.58. The van der Waals surface area contributed by atoms with Crippen LogP contribution in [0.15, 0.2) is 42.6 Å². The van der Waals surface area contributed by atoms with E-state index in [1.54, 1.807) is 31.5 Å². The molecule has 0 aliphatic rings. The molecule has 0 saturated heterocycles. The fourth-order valence-electron chi connectivity index (χ4n) is 1.67. The van der Waals surface area contributed by atoms with Gasteiger partial charge in [0.15, 0.2) is 11.5 Å². The lowest BCUT2D eigenvalue weighted by Gasteiger charge is -2.14. The highest BCUT2D eigenvalue weighted by molar-refractivity contribution is 5.98. The van der Waals surface area contributed by atoms with E-state index in [1.807, 2.05) is 18.2 Å². The predicted octanol–water partition coefficient (Wildman–Crippen LogP) is 2.38. The van der Waals surface area contributed by atoms with Crippen LogP contribution in [0.5, 0.6) is 11.5 Å². The number of amidine groups is 1. The van der Waals surface area contributed by atoms with Gasteiger partial charge >= 0.3 is 0 Å². The van der Waals surface area contributed by atoms with Gasteiger partial charge in [0.2, 0.25) is 0 Å². The van der Waals surface area contributed by atoms with Crippen molar-refractivity contribution >= 4 is 18.2 Å². The van der Waals surface area contributed by atoms with E-state index in [1.165, 1.54) is 0 Å². The van der Waals surface area contributed by atoms with Gasteiger partial charge in [-0.25, -0.2) is 0 Å². The highest BCUT2D eigenvalue weighted by Crippen LogP contribution is 2.31. The van der Waals surface area contributed by atoms with Crippen LogP contribution in [0.25, 0.3) is 0 Å². The monoisotopic (exact) mass is 293 g/mol. The van der Waals surface area contributed by atoms with Gasteiger partial charge < -0.3 is 15.2 Å². The molecule has 2 rings (SSSR count). The summed E-state index contributed by atoms with van der Waals surface area (Å²) in [4.78, 5) is 4.17. The summed E-state index contributed by atoms with van der Waals surface area (Å²) in [5.41, 5.74) is 6.84. The topological polar surface area (TPSA) is 81.2 Å². The first-order valence-electron chi connectivity index (χ1n) is 5.76. The first-order chi connectivity index (χ1) is 9.22. The number of aromatic nitrogens is 1. The zero-order valence-corrected chi connectivity index (χ0v) is 11.8. The summed E-state index contributed by atoms with van der Waals surface area (Å²) in [5.74, 6) is 0.946. The number of benzene rings is 1. The molecule has 0 unspecified atom stereocenters. The molecule has 0 spiro atoms. The van der Waals surface area contributed by atoms with E-state index in [2.05, 4.69) is 4.98 Å². The number of hydrogen-bond acceptors (Lipinski definition) is 4. The number of nitrogens with one attached hydrogen (secondary N) is 1. The second kappa shape index (κ2) is 7.35. The maximum Gasteiger partial charge on any atom is 0.172 e. The second-order valence-electron chi connectivity index (χ2n) is 3.86. The molecule has 0 aliphatic carbocycles. The van der Waals surface area contributed by atoms with Crippen molar-refractivity contribution in [2.24, 2.45) is 5.73 Å². The lowest BCUT2D eigenvalue weighted by Crippen LogP contribution is -2.13. The second-order valence-corrected chi connectivity index (χ2v) is 3.86. The molecular weight excluding hydrogens is 278 g/mol. The Morgan fingerprint density at radius 2 is 2.05 bits per heavy atom. The molecule has 0 atom stereocenters. The van der Waals surface area contributed by atoms with Crippen molar-refractivity contribution in [1.82, 2.24) is 4.98 Å². The summed E-state index contributed by atoms with van der Waals surface area (Å²) >= 11 is 0. The lowest BCUT2D eigenvalue weighted by atomic mass is 10.1. The number of halogens is 1. The number of ether oxygens (including phenoxy) is 2. The summed E-state index contributed by atoms with van der Waals surface area (Å²) in [6.07, 6.45) is 1.70. The normalized spacial score (nSPS) is 9.45. The molecule has 3 N–H and O–H groups in total. The number of pyridine rings is 1. The molecule has 20 heavy (non-hydrogen) atoms. The number of nitrogens with two attached hydrogens (primary N) is 1. The summed E-state index contributed by atoms with van der Waals surface area (Å²) in [6, 6.07) is 10.8. The van der Waals surface area contributed by atoms with Crippen molar-refractivity contribution < 1.29 is 9.47 Å². The van der Waals surface area contributed by atoms with Crippen LogP contribution in [0.3, 0.4) is 0 Å². The van der Waals surface area contributed by atoms with Crippen LogP contribution in [-0.2, 0) is 6.61 Å². The third-order valence-corrected chi connectivity index (χ3v) is 2.58. The lowest BCUT2D eigenvalue weighted by molar-refractivity contribution is 0.280. The number of hydrogen-bond donors (Lipinski definition) is 2. The van der Waals surface area contributed by atoms with Crippen molar-refractivity contribution in [3.8, 4) is 11.5 Å². The molecule has 1 heterocycles. The molecule has 1 aromatic heterocycles. The molecule has 0 bridgehead atoms. The smallest absolute Gasteiger partial charge is 0.172 e. The van der Waals surface area contributed by atoms with Gasteiger partial charge in [0.1, 0.15) is 12.4 Å². The van der Waals surface area contributed by atoms with E-state index in [0.29, 0.717) is 23.7 Å². The highest BCUT2D eigenvalue weighted by Gasteiger charge is 2.13. The minimum Gasteiger partial charge on any atom is -0.493 e.